The van der Waals surface area contributed by atoms with E-state index in [0.717, 1.165) is 39.3 Å². The molecule has 55 heavy (non-hydrogen) atoms. The number of hydrogen-bond donors (Lipinski definition) is 0. The summed E-state index contributed by atoms with van der Waals surface area (Å²) in [6.07, 6.45) is 0. The molecule has 0 saturated heterocycles. The van der Waals surface area contributed by atoms with Gasteiger partial charge in [0.1, 0.15) is 0 Å². The SMILES string of the molecule is c1cc(-c2cc(-n3c4ccccc4c4ccccc43)cc(-n3c4ccccc4c4ccccc43)c2)cc(-c2nc3ccccc3c3sc4ccccc4c23)c1. The van der Waals surface area contributed by atoms with Crippen molar-refractivity contribution in [3.05, 3.63) is 188 Å². The molecule has 0 atom stereocenters. The first-order valence-corrected chi connectivity index (χ1v) is 19.5. The predicted octanol–water partition coefficient (Wildman–Crippen LogP) is 14.1. The van der Waals surface area contributed by atoms with E-state index in [1.807, 2.05) is 11.3 Å². The minimum atomic E-state index is 1.02. The first-order valence-electron chi connectivity index (χ1n) is 18.7. The maximum Gasteiger partial charge on any atom is 0.0803 e. The lowest BCUT2D eigenvalue weighted by Gasteiger charge is -2.16. The van der Waals surface area contributed by atoms with Crippen molar-refractivity contribution in [2.45, 2.75) is 0 Å². The molecule has 0 saturated carbocycles. The van der Waals surface area contributed by atoms with E-state index in [4.69, 9.17) is 4.98 Å². The van der Waals surface area contributed by atoms with Gasteiger partial charge in [-0.05, 0) is 71.8 Å². The van der Waals surface area contributed by atoms with Gasteiger partial charge in [-0.15, -0.1) is 11.3 Å². The van der Waals surface area contributed by atoms with Gasteiger partial charge in [-0.3, -0.25) is 0 Å². The molecule has 12 rings (SSSR count). The van der Waals surface area contributed by atoms with Crippen LogP contribution in [0.25, 0.3) is 108 Å². The number of para-hydroxylation sites is 5. The van der Waals surface area contributed by atoms with Crippen LogP contribution in [0.1, 0.15) is 0 Å². The van der Waals surface area contributed by atoms with Gasteiger partial charge in [0, 0.05) is 64.0 Å². The molecule has 0 fully saturated rings. The van der Waals surface area contributed by atoms with E-state index >= 15 is 0 Å². The highest BCUT2D eigenvalue weighted by Gasteiger charge is 2.19. The molecule has 0 unspecified atom stereocenters. The minimum Gasteiger partial charge on any atom is -0.309 e. The van der Waals surface area contributed by atoms with Crippen molar-refractivity contribution in [2.75, 3.05) is 0 Å². The van der Waals surface area contributed by atoms with E-state index in [2.05, 4.69) is 197 Å². The van der Waals surface area contributed by atoms with E-state index in [0.29, 0.717) is 0 Å². The number of thiophene rings is 1. The molecule has 0 aliphatic carbocycles. The van der Waals surface area contributed by atoms with Gasteiger partial charge in [0.15, 0.2) is 0 Å². The molecule has 4 heterocycles. The average molecular weight is 718 g/mol. The Morgan fingerprint density at radius 2 is 0.836 bits per heavy atom. The molecule has 0 spiro atoms. The van der Waals surface area contributed by atoms with E-state index < -0.39 is 0 Å². The van der Waals surface area contributed by atoms with Crippen LogP contribution in [0.3, 0.4) is 0 Å². The van der Waals surface area contributed by atoms with Crippen molar-refractivity contribution in [2.24, 2.45) is 0 Å². The van der Waals surface area contributed by atoms with Crippen molar-refractivity contribution in [3.63, 3.8) is 0 Å². The average Bonchev–Trinajstić information content (AvgIpc) is 3.92. The fraction of sp³-hybridized carbons (Fsp3) is 0. The Bertz CT molecular complexity index is 3270. The van der Waals surface area contributed by atoms with Crippen LogP contribution >= 0.6 is 11.3 Å². The molecule has 0 amide bonds. The topological polar surface area (TPSA) is 22.8 Å². The summed E-state index contributed by atoms with van der Waals surface area (Å²) < 4.78 is 7.43. The first-order chi connectivity index (χ1) is 27.3. The summed E-state index contributed by atoms with van der Waals surface area (Å²) in [6.45, 7) is 0. The van der Waals surface area contributed by atoms with Gasteiger partial charge in [0.2, 0.25) is 0 Å². The van der Waals surface area contributed by atoms with Crippen LogP contribution in [0.4, 0.5) is 0 Å². The number of fused-ring (bicyclic) bond motifs is 11. The zero-order valence-electron chi connectivity index (χ0n) is 29.6. The molecule has 4 heteroatoms. The lowest BCUT2D eigenvalue weighted by atomic mass is 9.97. The summed E-state index contributed by atoms with van der Waals surface area (Å²) in [5, 5.41) is 8.67. The van der Waals surface area contributed by atoms with Gasteiger partial charge in [-0.25, -0.2) is 4.98 Å². The monoisotopic (exact) mass is 717 g/mol. The lowest BCUT2D eigenvalue weighted by molar-refractivity contribution is 1.13. The molecule has 0 radical (unpaired) electrons. The minimum absolute atomic E-state index is 1.02. The molecule has 3 nitrogen and oxygen atoms in total. The zero-order chi connectivity index (χ0) is 36.0. The van der Waals surface area contributed by atoms with Crippen LogP contribution in [0.2, 0.25) is 0 Å². The molecule has 256 valence electrons. The number of hydrogen-bond acceptors (Lipinski definition) is 2. The van der Waals surface area contributed by atoms with Gasteiger partial charge in [-0.1, -0.05) is 127 Å². The quantitative estimate of drug-likeness (QED) is 0.178. The standard InChI is InChI=1S/C51H31N3S/c1-7-22-43-41(20-1)51-49(42-21-6-12-27-48(42)55-51)50(52-43)33-15-13-14-32(28-33)34-29-35(53-44-23-8-2-16-37(44)38-17-3-9-24-45(38)53)31-36(30-34)54-46-25-10-4-18-39(46)40-19-5-11-26-47(40)54/h1-31H. The molecule has 0 aliphatic heterocycles. The predicted molar refractivity (Wildman–Crippen MR) is 234 cm³/mol. The third kappa shape index (κ3) is 4.52. The fourth-order valence-corrected chi connectivity index (χ4v) is 10.1. The molecular formula is C51H31N3S. The Hall–Kier alpha value is -7.01. The van der Waals surface area contributed by atoms with Crippen LogP contribution in [0.5, 0.6) is 0 Å². The van der Waals surface area contributed by atoms with Gasteiger partial charge in [0.25, 0.3) is 0 Å². The highest BCUT2D eigenvalue weighted by atomic mass is 32.1. The van der Waals surface area contributed by atoms with Crippen LogP contribution in [0, 0.1) is 0 Å². The van der Waals surface area contributed by atoms with Crippen LogP contribution in [-0.2, 0) is 0 Å². The van der Waals surface area contributed by atoms with E-state index in [9.17, 15) is 0 Å². The fourth-order valence-electron chi connectivity index (χ4n) is 8.89. The highest BCUT2D eigenvalue weighted by molar-refractivity contribution is 7.26. The zero-order valence-corrected chi connectivity index (χ0v) is 30.5. The van der Waals surface area contributed by atoms with Gasteiger partial charge in [-0.2, -0.15) is 0 Å². The second kappa shape index (κ2) is 11.7. The number of nitrogens with zero attached hydrogens (tertiary/aromatic N) is 3. The largest absolute Gasteiger partial charge is 0.309 e. The third-order valence-corrected chi connectivity index (χ3v) is 12.5. The van der Waals surface area contributed by atoms with E-state index in [1.54, 1.807) is 0 Å². The van der Waals surface area contributed by atoms with Crippen molar-refractivity contribution in [1.82, 2.24) is 14.1 Å². The molecule has 12 aromatic rings. The Morgan fingerprint density at radius 1 is 0.364 bits per heavy atom. The smallest absolute Gasteiger partial charge is 0.0803 e. The molecular weight excluding hydrogens is 687 g/mol. The maximum absolute atomic E-state index is 5.38. The summed E-state index contributed by atoms with van der Waals surface area (Å²) in [4.78, 5) is 5.38. The Labute approximate surface area is 320 Å². The summed E-state index contributed by atoms with van der Waals surface area (Å²) >= 11 is 1.86. The molecule has 4 aromatic heterocycles. The van der Waals surface area contributed by atoms with Crippen molar-refractivity contribution in [3.8, 4) is 33.8 Å². The summed E-state index contributed by atoms with van der Waals surface area (Å²) in [5.74, 6) is 0. The van der Waals surface area contributed by atoms with Crippen molar-refractivity contribution >= 4 is 86.0 Å². The maximum atomic E-state index is 5.38. The van der Waals surface area contributed by atoms with Gasteiger partial charge < -0.3 is 9.13 Å². The molecule has 0 bridgehead atoms. The number of pyridine rings is 1. The summed E-state index contributed by atoms with van der Waals surface area (Å²) in [7, 11) is 0. The van der Waals surface area contributed by atoms with Crippen molar-refractivity contribution in [1.29, 1.82) is 0 Å². The van der Waals surface area contributed by atoms with Crippen LogP contribution in [0.15, 0.2) is 188 Å². The van der Waals surface area contributed by atoms with Gasteiger partial charge >= 0.3 is 0 Å². The van der Waals surface area contributed by atoms with E-state index in [1.165, 1.54) is 69.2 Å². The number of rotatable bonds is 4. The van der Waals surface area contributed by atoms with Gasteiger partial charge in [0.05, 0.1) is 33.3 Å². The Balaban J connectivity index is 1.15. The second-order valence-electron chi connectivity index (χ2n) is 14.3. The van der Waals surface area contributed by atoms with Crippen molar-refractivity contribution < 1.29 is 0 Å². The Morgan fingerprint density at radius 3 is 1.42 bits per heavy atom. The second-order valence-corrected chi connectivity index (χ2v) is 15.4. The molecule has 8 aromatic carbocycles. The summed E-state index contributed by atoms with van der Waals surface area (Å²) in [5.41, 5.74) is 12.4. The number of benzene rings is 8. The van der Waals surface area contributed by atoms with Crippen LogP contribution in [-0.4, -0.2) is 14.1 Å². The molecule has 0 aliphatic rings. The summed E-state index contributed by atoms with van der Waals surface area (Å²) in [6, 6.07) is 68.4. The first kappa shape index (κ1) is 30.5. The highest BCUT2D eigenvalue weighted by Crippen LogP contribution is 2.44. The normalized spacial score (nSPS) is 12.0. The van der Waals surface area contributed by atoms with E-state index in [-0.39, 0.29) is 0 Å². The molecule has 0 N–H and O–H groups in total. The van der Waals surface area contributed by atoms with Crippen LogP contribution < -0.4 is 0 Å². The lowest BCUT2D eigenvalue weighted by Crippen LogP contribution is -2.00. The number of aromatic nitrogens is 3. The Kier molecular flexibility index (Phi) is 6.50. The third-order valence-electron chi connectivity index (χ3n) is 11.3.